The number of carbonyl (C=O) groups is 2. The number of halogens is 1. The zero-order valence-electron chi connectivity index (χ0n) is 12.4. The molecule has 2 aromatic rings. The van der Waals surface area contributed by atoms with E-state index >= 15 is 0 Å². The maximum absolute atomic E-state index is 13.2. The van der Waals surface area contributed by atoms with Crippen molar-refractivity contribution in [3.8, 4) is 0 Å². The summed E-state index contributed by atoms with van der Waals surface area (Å²) in [6.45, 7) is 1.34. The molecule has 0 bridgehead atoms. The Morgan fingerprint density at radius 2 is 1.96 bits per heavy atom. The molecule has 9 heteroatoms. The molecular formula is C15H12FN3O5. The minimum Gasteiger partial charge on any atom is -0.449 e. The van der Waals surface area contributed by atoms with Crippen molar-refractivity contribution in [2.75, 3.05) is 5.32 Å². The summed E-state index contributed by atoms with van der Waals surface area (Å²) in [4.78, 5) is 37.3. The molecule has 8 nitrogen and oxygen atoms in total. The molecule has 2 rings (SSSR count). The Balaban J connectivity index is 2.03. The van der Waals surface area contributed by atoms with Crippen LogP contribution in [0.5, 0.6) is 0 Å². The minimum atomic E-state index is -1.16. The minimum absolute atomic E-state index is 0.0138. The summed E-state index contributed by atoms with van der Waals surface area (Å²) in [6, 6.07) is 5.76. The zero-order chi connectivity index (χ0) is 17.7. The molecule has 0 fully saturated rings. The van der Waals surface area contributed by atoms with Gasteiger partial charge in [-0.05, 0) is 31.2 Å². The molecule has 0 aliphatic carbocycles. The highest BCUT2D eigenvalue weighted by Crippen LogP contribution is 2.21. The van der Waals surface area contributed by atoms with Crippen LogP contribution in [0.2, 0.25) is 0 Å². The van der Waals surface area contributed by atoms with Crippen molar-refractivity contribution in [3.63, 3.8) is 0 Å². The number of esters is 1. The van der Waals surface area contributed by atoms with Crippen LogP contribution in [0.25, 0.3) is 0 Å². The van der Waals surface area contributed by atoms with Gasteiger partial charge in [-0.25, -0.2) is 4.79 Å². The van der Waals surface area contributed by atoms with Crippen LogP contribution in [0.15, 0.2) is 42.7 Å². The van der Waals surface area contributed by atoms with Crippen LogP contribution < -0.4 is 5.32 Å². The van der Waals surface area contributed by atoms with Gasteiger partial charge >= 0.3 is 11.7 Å². The van der Waals surface area contributed by atoms with Gasteiger partial charge in [-0.15, -0.1) is 0 Å². The van der Waals surface area contributed by atoms with Crippen molar-refractivity contribution >= 4 is 23.3 Å². The number of amides is 1. The van der Waals surface area contributed by atoms with Gasteiger partial charge in [-0.1, -0.05) is 0 Å². The maximum Gasteiger partial charge on any atom is 0.339 e. The molecule has 0 radical (unpaired) electrons. The molecule has 0 saturated carbocycles. The summed E-state index contributed by atoms with van der Waals surface area (Å²) in [5.74, 6) is -2.45. The average Bonchev–Trinajstić information content (AvgIpc) is 2.57. The highest BCUT2D eigenvalue weighted by molar-refractivity contribution is 5.97. The number of hydrogen-bond donors (Lipinski definition) is 1. The number of rotatable bonds is 5. The van der Waals surface area contributed by atoms with Crippen molar-refractivity contribution in [2.24, 2.45) is 0 Å². The molecule has 1 N–H and O–H groups in total. The van der Waals surface area contributed by atoms with Gasteiger partial charge in [0.15, 0.2) is 6.10 Å². The SMILES string of the molecule is C[C@H](OC(=O)c1ccncc1)C(=O)Nc1ccc(F)c([N+](=O)[O-])c1. The van der Waals surface area contributed by atoms with E-state index in [-0.39, 0.29) is 11.3 Å². The zero-order valence-corrected chi connectivity index (χ0v) is 12.4. The Morgan fingerprint density at radius 1 is 1.29 bits per heavy atom. The number of benzene rings is 1. The second-order valence-electron chi connectivity index (χ2n) is 4.70. The largest absolute Gasteiger partial charge is 0.449 e. The number of anilines is 1. The first-order valence-corrected chi connectivity index (χ1v) is 6.74. The van der Waals surface area contributed by atoms with E-state index in [9.17, 15) is 24.1 Å². The highest BCUT2D eigenvalue weighted by Gasteiger charge is 2.21. The molecule has 0 spiro atoms. The highest BCUT2D eigenvalue weighted by atomic mass is 19.1. The lowest BCUT2D eigenvalue weighted by Crippen LogP contribution is -2.30. The fraction of sp³-hybridized carbons (Fsp3) is 0.133. The molecule has 124 valence electrons. The van der Waals surface area contributed by atoms with Crippen LogP contribution in [-0.4, -0.2) is 27.9 Å². The lowest BCUT2D eigenvalue weighted by atomic mass is 10.2. The fourth-order valence-electron chi connectivity index (χ4n) is 1.74. The van der Waals surface area contributed by atoms with Crippen molar-refractivity contribution in [1.82, 2.24) is 4.98 Å². The van der Waals surface area contributed by atoms with Crippen LogP contribution >= 0.6 is 0 Å². The first-order valence-electron chi connectivity index (χ1n) is 6.74. The van der Waals surface area contributed by atoms with Crippen molar-refractivity contribution < 1.29 is 23.6 Å². The summed E-state index contributed by atoms with van der Waals surface area (Å²) in [5.41, 5.74) is -0.531. The number of nitrogens with zero attached hydrogens (tertiary/aromatic N) is 2. The molecule has 0 aliphatic heterocycles. The van der Waals surface area contributed by atoms with Crippen molar-refractivity contribution in [2.45, 2.75) is 13.0 Å². The van der Waals surface area contributed by atoms with Crippen LogP contribution in [0.1, 0.15) is 17.3 Å². The van der Waals surface area contributed by atoms with Gasteiger partial charge < -0.3 is 10.1 Å². The summed E-state index contributed by atoms with van der Waals surface area (Å²) in [6.07, 6.45) is 1.65. The Morgan fingerprint density at radius 3 is 2.58 bits per heavy atom. The Bertz CT molecular complexity index is 782. The number of pyridine rings is 1. The summed E-state index contributed by atoms with van der Waals surface area (Å²) in [5, 5.41) is 13.0. The summed E-state index contributed by atoms with van der Waals surface area (Å²) < 4.78 is 18.2. The topological polar surface area (TPSA) is 111 Å². The second-order valence-corrected chi connectivity index (χ2v) is 4.70. The Hall–Kier alpha value is -3.36. The summed E-state index contributed by atoms with van der Waals surface area (Å²) >= 11 is 0. The van der Waals surface area contributed by atoms with E-state index in [1.54, 1.807) is 0 Å². The predicted molar refractivity (Wildman–Crippen MR) is 80.8 cm³/mol. The molecule has 1 aromatic heterocycles. The quantitative estimate of drug-likeness (QED) is 0.510. The Kier molecular flexibility index (Phi) is 5.15. The molecule has 1 atom stereocenters. The number of nitrogens with one attached hydrogen (secondary N) is 1. The van der Waals surface area contributed by atoms with Crippen LogP contribution in [0.4, 0.5) is 15.8 Å². The van der Waals surface area contributed by atoms with Crippen LogP contribution in [0.3, 0.4) is 0 Å². The first-order chi connectivity index (χ1) is 11.4. The first kappa shape index (κ1) is 17.0. The van der Waals surface area contributed by atoms with Crippen LogP contribution in [-0.2, 0) is 9.53 Å². The predicted octanol–water partition coefficient (Wildman–Crippen LogP) is 2.31. The van der Waals surface area contributed by atoms with E-state index in [0.29, 0.717) is 0 Å². The number of aromatic nitrogens is 1. The number of carbonyl (C=O) groups excluding carboxylic acids is 2. The van der Waals surface area contributed by atoms with E-state index in [1.165, 1.54) is 31.5 Å². The number of ether oxygens (including phenoxy) is 1. The third-order valence-electron chi connectivity index (χ3n) is 2.98. The van der Waals surface area contributed by atoms with Crippen molar-refractivity contribution in [3.05, 3.63) is 64.2 Å². The van der Waals surface area contributed by atoms with E-state index in [2.05, 4.69) is 10.3 Å². The monoisotopic (exact) mass is 333 g/mol. The lowest BCUT2D eigenvalue weighted by Gasteiger charge is -2.13. The lowest BCUT2D eigenvalue weighted by molar-refractivity contribution is -0.387. The number of hydrogen-bond acceptors (Lipinski definition) is 6. The Labute approximate surface area is 135 Å². The standard InChI is InChI=1S/C15H12FN3O5/c1-9(24-15(21)10-4-6-17-7-5-10)14(20)18-11-2-3-12(16)13(8-11)19(22)23/h2-9H,1H3,(H,18,20)/t9-/m0/s1. The maximum atomic E-state index is 13.2. The molecule has 0 unspecified atom stereocenters. The third kappa shape index (κ3) is 4.09. The van der Waals surface area contributed by atoms with Gasteiger partial charge in [0.05, 0.1) is 10.5 Å². The van der Waals surface area contributed by atoms with Gasteiger partial charge in [0.1, 0.15) is 0 Å². The summed E-state index contributed by atoms with van der Waals surface area (Å²) in [7, 11) is 0. The molecular weight excluding hydrogens is 321 g/mol. The van der Waals surface area contributed by atoms with Gasteiger partial charge in [0.2, 0.25) is 5.82 Å². The smallest absolute Gasteiger partial charge is 0.339 e. The third-order valence-corrected chi connectivity index (χ3v) is 2.98. The van der Waals surface area contributed by atoms with Gasteiger partial charge in [0.25, 0.3) is 5.91 Å². The van der Waals surface area contributed by atoms with E-state index in [1.807, 2.05) is 0 Å². The molecule has 0 aliphatic rings. The van der Waals surface area contributed by atoms with E-state index < -0.39 is 34.4 Å². The van der Waals surface area contributed by atoms with Gasteiger partial charge in [-0.2, -0.15) is 4.39 Å². The van der Waals surface area contributed by atoms with Crippen LogP contribution in [0, 0.1) is 15.9 Å². The second kappa shape index (κ2) is 7.27. The normalized spacial score (nSPS) is 11.4. The molecule has 0 saturated heterocycles. The van der Waals surface area contributed by atoms with Gasteiger partial charge in [0, 0.05) is 24.1 Å². The molecule has 1 aromatic carbocycles. The van der Waals surface area contributed by atoms with E-state index in [0.717, 1.165) is 18.2 Å². The van der Waals surface area contributed by atoms with Crippen molar-refractivity contribution in [1.29, 1.82) is 0 Å². The average molecular weight is 333 g/mol. The number of nitro benzene ring substituents is 1. The van der Waals surface area contributed by atoms with Gasteiger partial charge in [-0.3, -0.25) is 19.9 Å². The molecule has 1 heterocycles. The number of nitro groups is 1. The van der Waals surface area contributed by atoms with E-state index in [4.69, 9.17) is 4.74 Å². The molecule has 24 heavy (non-hydrogen) atoms. The fourth-order valence-corrected chi connectivity index (χ4v) is 1.74. The molecule has 1 amide bonds.